The topological polar surface area (TPSA) is 49.8 Å². The number of hydrogen-bond donors (Lipinski definition) is 1. The van der Waals surface area contributed by atoms with Crippen LogP contribution in [-0.4, -0.2) is 23.2 Å². The molecule has 2 saturated carbocycles. The second-order valence-corrected chi connectivity index (χ2v) is 8.34. The number of nitrogens with zero attached hydrogens (tertiary/aromatic N) is 1. The maximum absolute atomic E-state index is 13.5. The zero-order valence-electron chi connectivity index (χ0n) is 14.0. The van der Waals surface area contributed by atoms with E-state index in [9.17, 15) is 9.90 Å². The average Bonchev–Trinajstić information content (AvgIpc) is 3.33. The summed E-state index contributed by atoms with van der Waals surface area (Å²) in [5.74, 6) is 0.217. The summed E-state index contributed by atoms with van der Waals surface area (Å²) in [5, 5.41) is 11.3. The number of ether oxygens (including phenoxy) is 1. The number of amides is 1. The fourth-order valence-corrected chi connectivity index (χ4v) is 6.26. The van der Waals surface area contributed by atoms with Crippen LogP contribution < -0.4 is 4.90 Å². The first-order valence-electron chi connectivity index (χ1n) is 9.14. The number of anilines is 1. The second-order valence-electron chi connectivity index (χ2n) is 7.90. The van der Waals surface area contributed by atoms with Gasteiger partial charge in [-0.1, -0.05) is 41.9 Å². The second kappa shape index (κ2) is 4.89. The Bertz CT molecular complexity index is 901. The van der Waals surface area contributed by atoms with E-state index in [1.54, 1.807) is 12.1 Å². The van der Waals surface area contributed by atoms with Gasteiger partial charge in [0.15, 0.2) is 5.72 Å². The highest BCUT2D eigenvalue weighted by atomic mass is 35.5. The Kier molecular flexibility index (Phi) is 2.86. The number of aliphatic hydroxyl groups excluding tert-OH is 1. The van der Waals surface area contributed by atoms with E-state index in [4.69, 9.17) is 16.3 Å². The number of carbonyl (C=O) groups is 1. The van der Waals surface area contributed by atoms with Crippen LogP contribution in [0.1, 0.15) is 12.0 Å². The number of benzene rings is 2. The molecule has 2 aromatic carbocycles. The monoisotopic (exact) mass is 367 g/mol. The highest BCUT2D eigenvalue weighted by Crippen LogP contribution is 2.70. The lowest BCUT2D eigenvalue weighted by atomic mass is 9.75. The normalized spacial score (nSPS) is 42.1. The Hall–Kier alpha value is -1.88. The molecule has 0 spiro atoms. The molecular weight excluding hydrogens is 350 g/mol. The van der Waals surface area contributed by atoms with Crippen LogP contribution in [0.3, 0.4) is 0 Å². The smallest absolute Gasteiger partial charge is 0.233 e. The lowest BCUT2D eigenvalue weighted by molar-refractivity contribution is -0.133. The summed E-state index contributed by atoms with van der Waals surface area (Å²) in [6, 6.07) is 17.4. The molecule has 5 heteroatoms. The van der Waals surface area contributed by atoms with E-state index in [0.717, 1.165) is 17.7 Å². The molecule has 0 aromatic heterocycles. The average molecular weight is 368 g/mol. The predicted octanol–water partition coefficient (Wildman–Crippen LogP) is 3.18. The molecule has 4 fully saturated rings. The standard InChI is InChI=1S/C21H18ClNO3/c22-12-6-8-13(9-7-12)23-20(25)16-14-10-15-17(16)21(23,26-19(15)18(14)24)11-4-2-1-3-5-11/h1-9,14-19,24H,10H2. The van der Waals surface area contributed by atoms with Crippen molar-refractivity contribution in [2.45, 2.75) is 24.4 Å². The van der Waals surface area contributed by atoms with Crippen LogP contribution in [-0.2, 0) is 15.3 Å². The number of fused-ring (bicyclic) bond motifs is 2. The number of aliphatic hydroxyl groups is 1. The summed E-state index contributed by atoms with van der Waals surface area (Å²) in [6.07, 6.45) is 0.156. The van der Waals surface area contributed by atoms with Crippen LogP contribution in [0, 0.1) is 23.7 Å². The van der Waals surface area contributed by atoms with Gasteiger partial charge >= 0.3 is 0 Å². The number of halogens is 1. The fraction of sp³-hybridized carbons (Fsp3) is 0.381. The van der Waals surface area contributed by atoms with E-state index >= 15 is 0 Å². The minimum Gasteiger partial charge on any atom is -0.390 e. The van der Waals surface area contributed by atoms with Gasteiger partial charge in [0.25, 0.3) is 0 Å². The molecule has 2 bridgehead atoms. The zero-order chi connectivity index (χ0) is 17.6. The molecule has 4 aliphatic rings. The van der Waals surface area contributed by atoms with Crippen LogP contribution in [0.5, 0.6) is 0 Å². The van der Waals surface area contributed by atoms with Gasteiger partial charge < -0.3 is 9.84 Å². The summed E-state index contributed by atoms with van der Waals surface area (Å²) >= 11 is 6.06. The van der Waals surface area contributed by atoms with Gasteiger partial charge in [0.1, 0.15) is 0 Å². The minimum absolute atomic E-state index is 0.00499. The zero-order valence-corrected chi connectivity index (χ0v) is 14.7. The minimum atomic E-state index is -0.835. The Morgan fingerprint density at radius 1 is 1.08 bits per heavy atom. The first kappa shape index (κ1) is 15.2. The third kappa shape index (κ3) is 1.58. The van der Waals surface area contributed by atoms with E-state index in [2.05, 4.69) is 0 Å². The van der Waals surface area contributed by atoms with Crippen molar-refractivity contribution in [1.82, 2.24) is 0 Å². The van der Waals surface area contributed by atoms with Crippen molar-refractivity contribution in [2.24, 2.45) is 23.7 Å². The molecule has 0 radical (unpaired) electrons. The van der Waals surface area contributed by atoms with Crippen molar-refractivity contribution in [3.63, 3.8) is 0 Å². The van der Waals surface area contributed by atoms with Crippen LogP contribution in [0.25, 0.3) is 0 Å². The number of rotatable bonds is 2. The highest BCUT2D eigenvalue weighted by Gasteiger charge is 2.79. The Balaban J connectivity index is 1.60. The lowest BCUT2D eigenvalue weighted by Crippen LogP contribution is -2.49. The lowest BCUT2D eigenvalue weighted by Gasteiger charge is -2.39. The van der Waals surface area contributed by atoms with E-state index in [1.165, 1.54) is 0 Å². The van der Waals surface area contributed by atoms with Crippen LogP contribution in [0.4, 0.5) is 5.69 Å². The van der Waals surface area contributed by atoms with Gasteiger partial charge in [-0.15, -0.1) is 0 Å². The highest BCUT2D eigenvalue weighted by molar-refractivity contribution is 6.30. The van der Waals surface area contributed by atoms with E-state index < -0.39 is 11.8 Å². The molecule has 2 aromatic rings. The molecule has 6 rings (SSSR count). The molecule has 2 saturated heterocycles. The molecule has 2 aliphatic carbocycles. The van der Waals surface area contributed by atoms with Gasteiger partial charge in [-0.3, -0.25) is 9.69 Å². The molecular formula is C21H18ClNO3. The summed E-state index contributed by atoms with van der Waals surface area (Å²) < 4.78 is 6.61. The maximum atomic E-state index is 13.5. The summed E-state index contributed by atoms with van der Waals surface area (Å²) in [6.45, 7) is 0. The molecule has 1 amide bonds. The Morgan fingerprint density at radius 3 is 2.54 bits per heavy atom. The van der Waals surface area contributed by atoms with Gasteiger partial charge in [-0.25, -0.2) is 0 Å². The third-order valence-electron chi connectivity index (χ3n) is 6.93. The quantitative estimate of drug-likeness (QED) is 0.886. The van der Waals surface area contributed by atoms with Gasteiger partial charge in [0, 0.05) is 22.2 Å². The van der Waals surface area contributed by atoms with E-state index in [0.29, 0.717) is 5.02 Å². The van der Waals surface area contributed by atoms with Gasteiger partial charge in [0.05, 0.1) is 18.1 Å². The van der Waals surface area contributed by atoms with Crippen LogP contribution >= 0.6 is 11.6 Å². The van der Waals surface area contributed by atoms with Gasteiger partial charge in [-0.2, -0.15) is 0 Å². The molecule has 7 unspecified atom stereocenters. The number of hydrogen-bond acceptors (Lipinski definition) is 3. The van der Waals surface area contributed by atoms with Crippen molar-refractivity contribution in [3.05, 3.63) is 65.2 Å². The molecule has 7 atom stereocenters. The molecule has 2 aliphatic heterocycles. The van der Waals surface area contributed by atoms with Crippen molar-refractivity contribution in [2.75, 3.05) is 4.90 Å². The molecule has 132 valence electrons. The Labute approximate surface area is 156 Å². The van der Waals surface area contributed by atoms with E-state index in [-0.39, 0.29) is 35.7 Å². The molecule has 2 heterocycles. The first-order valence-corrected chi connectivity index (χ1v) is 9.52. The predicted molar refractivity (Wildman–Crippen MR) is 96.5 cm³/mol. The van der Waals surface area contributed by atoms with Crippen molar-refractivity contribution < 1.29 is 14.6 Å². The summed E-state index contributed by atoms with van der Waals surface area (Å²) in [5.41, 5.74) is 0.948. The van der Waals surface area contributed by atoms with Gasteiger partial charge in [-0.05, 0) is 42.5 Å². The van der Waals surface area contributed by atoms with Crippen LogP contribution in [0.2, 0.25) is 5.02 Å². The molecule has 1 N–H and O–H groups in total. The van der Waals surface area contributed by atoms with Crippen molar-refractivity contribution in [1.29, 1.82) is 0 Å². The summed E-state index contributed by atoms with van der Waals surface area (Å²) in [7, 11) is 0. The largest absolute Gasteiger partial charge is 0.390 e. The number of carbonyl (C=O) groups excluding carboxylic acids is 1. The van der Waals surface area contributed by atoms with Gasteiger partial charge in [0.2, 0.25) is 5.91 Å². The Morgan fingerprint density at radius 2 is 1.81 bits per heavy atom. The van der Waals surface area contributed by atoms with Crippen molar-refractivity contribution in [3.8, 4) is 0 Å². The summed E-state index contributed by atoms with van der Waals surface area (Å²) in [4.78, 5) is 15.4. The first-order chi connectivity index (χ1) is 12.6. The SMILES string of the molecule is O=C1C2C3CC4C(OC(c5ccccc5)(C42)N1c1ccc(Cl)cc1)C3O. The van der Waals surface area contributed by atoms with E-state index in [1.807, 2.05) is 47.4 Å². The fourth-order valence-electron chi connectivity index (χ4n) is 6.13. The molecule has 4 nitrogen and oxygen atoms in total. The third-order valence-corrected chi connectivity index (χ3v) is 7.18. The molecule has 26 heavy (non-hydrogen) atoms. The van der Waals surface area contributed by atoms with Crippen molar-refractivity contribution >= 4 is 23.2 Å². The maximum Gasteiger partial charge on any atom is 0.233 e. The van der Waals surface area contributed by atoms with Crippen LogP contribution in [0.15, 0.2) is 54.6 Å².